The van der Waals surface area contributed by atoms with Crippen LogP contribution in [0, 0.1) is 6.92 Å². The minimum absolute atomic E-state index is 0.437. The maximum atomic E-state index is 5.25. The summed E-state index contributed by atoms with van der Waals surface area (Å²) in [5, 5.41) is 9.49. The minimum atomic E-state index is 0.437. The summed E-state index contributed by atoms with van der Waals surface area (Å²) >= 11 is 1.68. The normalized spacial score (nSPS) is 10.9. The van der Waals surface area contributed by atoms with Crippen molar-refractivity contribution in [3.8, 4) is 5.69 Å². The predicted molar refractivity (Wildman–Crippen MR) is 92.8 cm³/mol. The van der Waals surface area contributed by atoms with Crippen molar-refractivity contribution in [1.82, 2.24) is 14.8 Å². The number of para-hydroxylation sites is 1. The molecule has 2 aromatic carbocycles. The predicted octanol–water partition coefficient (Wildman–Crippen LogP) is 4.01. The molecule has 0 atom stereocenters. The fraction of sp³-hybridized carbons (Fsp3) is 0.222. The Balaban J connectivity index is 1.85. The number of nitrogens with zero attached hydrogens (tertiary/aromatic N) is 3. The van der Waals surface area contributed by atoms with Gasteiger partial charge in [0.1, 0.15) is 6.61 Å². The van der Waals surface area contributed by atoms with E-state index < -0.39 is 0 Å². The molecule has 0 saturated heterocycles. The zero-order valence-corrected chi connectivity index (χ0v) is 14.1. The Bertz CT molecular complexity index is 754. The molecule has 0 N–H and O–H groups in total. The maximum Gasteiger partial charge on any atom is 0.196 e. The van der Waals surface area contributed by atoms with E-state index >= 15 is 0 Å². The number of ether oxygens (including phenoxy) is 1. The SMILES string of the molecule is COCc1nnc(SCc2ccc(C)cc2)n1-c1ccccc1. The Hall–Kier alpha value is -2.11. The molecule has 3 aromatic rings. The molecule has 1 aromatic heterocycles. The first-order valence-electron chi connectivity index (χ1n) is 7.45. The van der Waals surface area contributed by atoms with Crippen molar-refractivity contribution in [1.29, 1.82) is 0 Å². The lowest BCUT2D eigenvalue weighted by Crippen LogP contribution is -2.03. The molecule has 0 unspecified atom stereocenters. The molecular formula is C18H19N3OS. The number of rotatable bonds is 6. The quantitative estimate of drug-likeness (QED) is 0.642. The largest absolute Gasteiger partial charge is 0.377 e. The van der Waals surface area contributed by atoms with Gasteiger partial charge in [0.2, 0.25) is 0 Å². The van der Waals surface area contributed by atoms with Crippen molar-refractivity contribution in [3.05, 3.63) is 71.5 Å². The standard InChI is InChI=1S/C18H19N3OS/c1-14-8-10-15(11-9-14)13-23-18-20-19-17(12-22-2)21(18)16-6-4-3-5-7-16/h3-11H,12-13H2,1-2H3. The molecule has 0 amide bonds. The summed E-state index contributed by atoms with van der Waals surface area (Å²) in [6.45, 7) is 2.53. The van der Waals surface area contributed by atoms with Gasteiger partial charge >= 0.3 is 0 Å². The Labute approximate surface area is 140 Å². The second kappa shape index (κ2) is 7.44. The van der Waals surface area contributed by atoms with Gasteiger partial charge in [-0.05, 0) is 24.6 Å². The first-order chi connectivity index (χ1) is 11.3. The van der Waals surface area contributed by atoms with E-state index in [1.807, 2.05) is 18.2 Å². The van der Waals surface area contributed by atoms with Gasteiger partial charge in [-0.3, -0.25) is 4.57 Å². The highest BCUT2D eigenvalue weighted by molar-refractivity contribution is 7.98. The average Bonchev–Trinajstić information content (AvgIpc) is 2.98. The number of methoxy groups -OCH3 is 1. The molecule has 23 heavy (non-hydrogen) atoms. The fourth-order valence-corrected chi connectivity index (χ4v) is 3.21. The van der Waals surface area contributed by atoms with Crippen LogP contribution in [-0.2, 0) is 17.1 Å². The Kier molecular flexibility index (Phi) is 5.10. The van der Waals surface area contributed by atoms with Gasteiger partial charge in [-0.25, -0.2) is 0 Å². The second-order valence-corrected chi connectivity index (χ2v) is 6.22. The molecule has 118 valence electrons. The van der Waals surface area contributed by atoms with E-state index in [4.69, 9.17) is 4.74 Å². The zero-order valence-electron chi connectivity index (χ0n) is 13.3. The number of hydrogen-bond acceptors (Lipinski definition) is 4. The number of hydrogen-bond donors (Lipinski definition) is 0. The van der Waals surface area contributed by atoms with Crippen molar-refractivity contribution < 1.29 is 4.74 Å². The molecule has 1 heterocycles. The molecule has 0 spiro atoms. The third-order valence-corrected chi connectivity index (χ3v) is 4.48. The van der Waals surface area contributed by atoms with E-state index in [1.54, 1.807) is 18.9 Å². The molecule has 0 bridgehead atoms. The van der Waals surface area contributed by atoms with Crippen LogP contribution in [0.2, 0.25) is 0 Å². The number of aryl methyl sites for hydroxylation is 1. The van der Waals surface area contributed by atoms with Gasteiger partial charge < -0.3 is 4.74 Å². The lowest BCUT2D eigenvalue weighted by Gasteiger charge is -2.09. The van der Waals surface area contributed by atoms with E-state index in [0.29, 0.717) is 6.61 Å². The van der Waals surface area contributed by atoms with E-state index in [9.17, 15) is 0 Å². The van der Waals surface area contributed by atoms with E-state index in [1.165, 1.54) is 11.1 Å². The van der Waals surface area contributed by atoms with Crippen LogP contribution in [0.25, 0.3) is 5.69 Å². The molecule has 0 aliphatic rings. The van der Waals surface area contributed by atoms with Crippen molar-refractivity contribution >= 4 is 11.8 Å². The van der Waals surface area contributed by atoms with Crippen LogP contribution in [0.3, 0.4) is 0 Å². The third kappa shape index (κ3) is 3.81. The first kappa shape index (κ1) is 15.8. The monoisotopic (exact) mass is 325 g/mol. The molecule has 0 radical (unpaired) electrons. The average molecular weight is 325 g/mol. The van der Waals surface area contributed by atoms with Crippen LogP contribution in [-0.4, -0.2) is 21.9 Å². The fourth-order valence-electron chi connectivity index (χ4n) is 2.28. The van der Waals surface area contributed by atoms with Crippen LogP contribution in [0.4, 0.5) is 0 Å². The summed E-state index contributed by atoms with van der Waals surface area (Å²) in [6.07, 6.45) is 0. The van der Waals surface area contributed by atoms with Crippen molar-refractivity contribution in [2.45, 2.75) is 24.4 Å². The van der Waals surface area contributed by atoms with Gasteiger partial charge in [-0.1, -0.05) is 59.8 Å². The summed E-state index contributed by atoms with van der Waals surface area (Å²) in [4.78, 5) is 0. The lowest BCUT2D eigenvalue weighted by molar-refractivity contribution is 0.176. The second-order valence-electron chi connectivity index (χ2n) is 5.28. The molecule has 0 aliphatic heterocycles. The maximum absolute atomic E-state index is 5.25. The minimum Gasteiger partial charge on any atom is -0.377 e. The van der Waals surface area contributed by atoms with Crippen LogP contribution < -0.4 is 0 Å². The highest BCUT2D eigenvalue weighted by Crippen LogP contribution is 2.25. The summed E-state index contributed by atoms with van der Waals surface area (Å²) in [7, 11) is 1.67. The van der Waals surface area contributed by atoms with Gasteiger partial charge in [0.15, 0.2) is 11.0 Å². The summed E-state index contributed by atoms with van der Waals surface area (Å²) in [5.74, 6) is 1.67. The molecule has 3 rings (SSSR count). The summed E-state index contributed by atoms with van der Waals surface area (Å²) < 4.78 is 7.30. The Morgan fingerprint density at radius 3 is 2.43 bits per heavy atom. The Morgan fingerprint density at radius 1 is 1.00 bits per heavy atom. The Morgan fingerprint density at radius 2 is 1.74 bits per heavy atom. The van der Waals surface area contributed by atoms with Gasteiger partial charge in [-0.2, -0.15) is 0 Å². The van der Waals surface area contributed by atoms with Gasteiger partial charge in [0.05, 0.1) is 0 Å². The van der Waals surface area contributed by atoms with Crippen LogP contribution in [0.5, 0.6) is 0 Å². The van der Waals surface area contributed by atoms with Crippen molar-refractivity contribution in [2.75, 3.05) is 7.11 Å². The van der Waals surface area contributed by atoms with Crippen molar-refractivity contribution in [2.24, 2.45) is 0 Å². The smallest absolute Gasteiger partial charge is 0.196 e. The van der Waals surface area contributed by atoms with Crippen molar-refractivity contribution in [3.63, 3.8) is 0 Å². The molecule has 5 heteroatoms. The third-order valence-electron chi connectivity index (χ3n) is 3.48. The van der Waals surface area contributed by atoms with E-state index in [-0.39, 0.29) is 0 Å². The molecule has 0 aliphatic carbocycles. The van der Waals surface area contributed by atoms with Crippen LogP contribution in [0.1, 0.15) is 17.0 Å². The topological polar surface area (TPSA) is 39.9 Å². The van der Waals surface area contributed by atoms with Gasteiger partial charge in [0.25, 0.3) is 0 Å². The van der Waals surface area contributed by atoms with Crippen LogP contribution in [0.15, 0.2) is 59.8 Å². The highest BCUT2D eigenvalue weighted by Gasteiger charge is 2.14. The summed E-state index contributed by atoms with van der Waals surface area (Å²) in [6, 6.07) is 18.7. The first-order valence-corrected chi connectivity index (χ1v) is 8.43. The van der Waals surface area contributed by atoms with E-state index in [0.717, 1.165) is 22.4 Å². The lowest BCUT2D eigenvalue weighted by atomic mass is 10.2. The molecule has 0 saturated carbocycles. The highest BCUT2D eigenvalue weighted by atomic mass is 32.2. The number of benzene rings is 2. The zero-order chi connectivity index (χ0) is 16.1. The molecule has 4 nitrogen and oxygen atoms in total. The van der Waals surface area contributed by atoms with Gasteiger partial charge in [-0.15, -0.1) is 10.2 Å². The summed E-state index contributed by atoms with van der Waals surface area (Å²) in [5.41, 5.74) is 3.60. The van der Waals surface area contributed by atoms with Gasteiger partial charge in [0, 0.05) is 18.6 Å². The van der Waals surface area contributed by atoms with Crippen LogP contribution >= 0.6 is 11.8 Å². The van der Waals surface area contributed by atoms with E-state index in [2.05, 4.69) is 58.1 Å². The number of thioether (sulfide) groups is 1. The molecule has 0 fully saturated rings. The number of aromatic nitrogens is 3. The molecular weight excluding hydrogens is 306 g/mol.